The molecule has 17 heavy (non-hydrogen) atoms. The van der Waals surface area contributed by atoms with Gasteiger partial charge in [-0.3, -0.25) is 14.4 Å². The molecule has 1 aromatic rings. The average molecular weight is 233 g/mol. The van der Waals surface area contributed by atoms with E-state index in [2.05, 4.69) is 16.5 Å². The van der Waals surface area contributed by atoms with Gasteiger partial charge in [-0.05, 0) is 13.5 Å². The molecule has 0 spiro atoms. The summed E-state index contributed by atoms with van der Waals surface area (Å²) in [6.45, 7) is 0.627. The Bertz CT molecular complexity index is 461. The number of nitriles is 1. The van der Waals surface area contributed by atoms with Crippen molar-refractivity contribution in [2.75, 3.05) is 18.9 Å². The molecule has 1 fully saturated rings. The highest BCUT2D eigenvalue weighted by Crippen LogP contribution is 2.22. The SMILES string of the molecule is CN1CC(C(=O)Nc2ccnn2C)CC1C#N. The van der Waals surface area contributed by atoms with Crippen molar-refractivity contribution in [2.45, 2.75) is 12.5 Å². The fraction of sp³-hybridized carbons (Fsp3) is 0.545. The lowest BCUT2D eigenvalue weighted by Crippen LogP contribution is -2.26. The predicted molar refractivity (Wildman–Crippen MR) is 62.0 cm³/mol. The van der Waals surface area contributed by atoms with Gasteiger partial charge in [0.2, 0.25) is 5.91 Å². The minimum absolute atomic E-state index is 0.0433. The molecule has 1 saturated heterocycles. The smallest absolute Gasteiger partial charge is 0.230 e. The van der Waals surface area contributed by atoms with E-state index in [1.54, 1.807) is 24.0 Å². The van der Waals surface area contributed by atoms with Gasteiger partial charge < -0.3 is 5.32 Å². The Kier molecular flexibility index (Phi) is 3.11. The van der Waals surface area contributed by atoms with Gasteiger partial charge in [-0.15, -0.1) is 0 Å². The van der Waals surface area contributed by atoms with Crippen molar-refractivity contribution in [3.63, 3.8) is 0 Å². The summed E-state index contributed by atoms with van der Waals surface area (Å²) in [5.41, 5.74) is 0. The quantitative estimate of drug-likeness (QED) is 0.792. The Morgan fingerprint density at radius 3 is 2.94 bits per heavy atom. The summed E-state index contributed by atoms with van der Waals surface area (Å²) in [4.78, 5) is 13.9. The van der Waals surface area contributed by atoms with Crippen LogP contribution in [0.5, 0.6) is 0 Å². The van der Waals surface area contributed by atoms with Crippen molar-refractivity contribution in [3.05, 3.63) is 12.3 Å². The van der Waals surface area contributed by atoms with Gasteiger partial charge in [-0.25, -0.2) is 0 Å². The van der Waals surface area contributed by atoms with Crippen molar-refractivity contribution in [1.29, 1.82) is 5.26 Å². The van der Waals surface area contributed by atoms with Gasteiger partial charge >= 0.3 is 0 Å². The third-order valence-corrected chi connectivity index (χ3v) is 3.14. The van der Waals surface area contributed by atoms with Crippen LogP contribution in [0.2, 0.25) is 0 Å². The number of anilines is 1. The molecule has 6 nitrogen and oxygen atoms in total. The van der Waals surface area contributed by atoms with Crippen molar-refractivity contribution in [2.24, 2.45) is 13.0 Å². The van der Waals surface area contributed by atoms with Crippen LogP contribution in [0.3, 0.4) is 0 Å². The van der Waals surface area contributed by atoms with Gasteiger partial charge in [0.05, 0.1) is 24.2 Å². The number of hydrogen-bond donors (Lipinski definition) is 1. The van der Waals surface area contributed by atoms with E-state index in [-0.39, 0.29) is 17.9 Å². The molecule has 0 radical (unpaired) electrons. The van der Waals surface area contributed by atoms with E-state index < -0.39 is 0 Å². The fourth-order valence-electron chi connectivity index (χ4n) is 2.06. The second kappa shape index (κ2) is 4.55. The highest BCUT2D eigenvalue weighted by atomic mass is 16.2. The number of aryl methyl sites for hydroxylation is 1. The third kappa shape index (κ3) is 2.29. The van der Waals surface area contributed by atoms with Crippen LogP contribution in [0, 0.1) is 17.2 Å². The van der Waals surface area contributed by atoms with Crippen LogP contribution in [-0.2, 0) is 11.8 Å². The van der Waals surface area contributed by atoms with E-state index in [1.165, 1.54) is 0 Å². The minimum atomic E-state index is -0.155. The van der Waals surface area contributed by atoms with E-state index in [1.807, 2.05) is 11.9 Å². The first-order valence-corrected chi connectivity index (χ1v) is 5.50. The topological polar surface area (TPSA) is 74.0 Å². The highest BCUT2D eigenvalue weighted by molar-refractivity contribution is 5.92. The molecule has 0 aromatic carbocycles. The Morgan fingerprint density at radius 2 is 2.41 bits per heavy atom. The molecule has 2 rings (SSSR count). The van der Waals surface area contributed by atoms with Crippen LogP contribution in [0.1, 0.15) is 6.42 Å². The van der Waals surface area contributed by atoms with Crippen LogP contribution < -0.4 is 5.32 Å². The lowest BCUT2D eigenvalue weighted by Gasteiger charge is -2.11. The zero-order valence-corrected chi connectivity index (χ0v) is 9.92. The molecule has 0 bridgehead atoms. The number of carbonyl (C=O) groups is 1. The van der Waals surface area contributed by atoms with Crippen LogP contribution >= 0.6 is 0 Å². The predicted octanol–water partition coefficient (Wildman–Crippen LogP) is 0.202. The summed E-state index contributed by atoms with van der Waals surface area (Å²) in [6, 6.07) is 3.79. The van der Waals surface area contributed by atoms with Gasteiger partial charge in [0.25, 0.3) is 0 Å². The minimum Gasteiger partial charge on any atom is -0.311 e. The van der Waals surface area contributed by atoms with Crippen LogP contribution in [0.25, 0.3) is 0 Å². The van der Waals surface area contributed by atoms with Gasteiger partial charge in [0.15, 0.2) is 0 Å². The number of nitrogens with one attached hydrogen (secondary N) is 1. The molecule has 1 amide bonds. The summed E-state index contributed by atoms with van der Waals surface area (Å²) in [7, 11) is 3.64. The Morgan fingerprint density at radius 1 is 1.65 bits per heavy atom. The summed E-state index contributed by atoms with van der Waals surface area (Å²) in [6.07, 6.45) is 2.23. The zero-order chi connectivity index (χ0) is 12.4. The summed E-state index contributed by atoms with van der Waals surface area (Å²) >= 11 is 0. The van der Waals surface area contributed by atoms with Gasteiger partial charge in [-0.1, -0.05) is 0 Å². The average Bonchev–Trinajstić information content (AvgIpc) is 2.86. The third-order valence-electron chi connectivity index (χ3n) is 3.14. The van der Waals surface area contributed by atoms with Gasteiger partial charge in [0, 0.05) is 19.7 Å². The molecule has 0 saturated carbocycles. The van der Waals surface area contributed by atoms with Crippen molar-refractivity contribution < 1.29 is 4.79 Å². The number of aromatic nitrogens is 2. The first-order chi connectivity index (χ1) is 8.11. The highest BCUT2D eigenvalue weighted by Gasteiger charge is 2.34. The largest absolute Gasteiger partial charge is 0.311 e. The van der Waals surface area contributed by atoms with Crippen molar-refractivity contribution in [3.8, 4) is 6.07 Å². The van der Waals surface area contributed by atoms with Gasteiger partial charge in [0.1, 0.15) is 5.82 Å². The molecule has 2 heterocycles. The molecular formula is C11H15N5O. The molecular weight excluding hydrogens is 218 g/mol. The lowest BCUT2D eigenvalue weighted by molar-refractivity contribution is -0.119. The monoisotopic (exact) mass is 233 g/mol. The van der Waals surface area contributed by atoms with E-state index in [9.17, 15) is 4.79 Å². The van der Waals surface area contributed by atoms with E-state index >= 15 is 0 Å². The maximum atomic E-state index is 12.0. The molecule has 1 aromatic heterocycles. The van der Waals surface area contributed by atoms with Gasteiger partial charge in [-0.2, -0.15) is 10.4 Å². The van der Waals surface area contributed by atoms with E-state index in [0.29, 0.717) is 18.8 Å². The van der Waals surface area contributed by atoms with Crippen molar-refractivity contribution >= 4 is 11.7 Å². The number of likely N-dealkylation sites (tertiary alicyclic amines) is 1. The molecule has 1 aliphatic rings. The lowest BCUT2D eigenvalue weighted by atomic mass is 10.1. The molecule has 1 N–H and O–H groups in total. The zero-order valence-electron chi connectivity index (χ0n) is 9.92. The van der Waals surface area contributed by atoms with Crippen LogP contribution in [0.4, 0.5) is 5.82 Å². The Hall–Kier alpha value is -1.87. The maximum Gasteiger partial charge on any atom is 0.230 e. The van der Waals surface area contributed by atoms with Crippen molar-refractivity contribution in [1.82, 2.24) is 14.7 Å². The first kappa shape index (κ1) is 11.6. The summed E-state index contributed by atoms with van der Waals surface area (Å²) in [5, 5.41) is 15.7. The Balaban J connectivity index is 1.99. The number of nitrogens with zero attached hydrogens (tertiary/aromatic N) is 4. The normalized spacial score (nSPS) is 24.5. The molecule has 1 aliphatic heterocycles. The Labute approximate surface area is 99.8 Å². The standard InChI is InChI=1S/C11H15N5O/c1-15-7-8(5-9(15)6-12)11(17)14-10-3-4-13-16(10)2/h3-4,8-9H,5,7H2,1-2H3,(H,14,17). The maximum absolute atomic E-state index is 12.0. The second-order valence-electron chi connectivity index (χ2n) is 4.35. The number of hydrogen-bond acceptors (Lipinski definition) is 4. The molecule has 0 aliphatic carbocycles. The summed E-state index contributed by atoms with van der Waals surface area (Å²) in [5.74, 6) is 0.510. The molecule has 2 atom stereocenters. The van der Waals surface area contributed by atoms with E-state index in [0.717, 1.165) is 0 Å². The first-order valence-electron chi connectivity index (χ1n) is 5.50. The number of amides is 1. The summed E-state index contributed by atoms with van der Waals surface area (Å²) < 4.78 is 1.61. The molecule has 90 valence electrons. The van der Waals surface area contributed by atoms with E-state index in [4.69, 9.17) is 5.26 Å². The number of rotatable bonds is 2. The second-order valence-corrected chi connectivity index (χ2v) is 4.35. The van der Waals surface area contributed by atoms with Crippen LogP contribution in [-0.4, -0.2) is 40.2 Å². The van der Waals surface area contributed by atoms with Crippen LogP contribution in [0.15, 0.2) is 12.3 Å². The molecule has 2 unspecified atom stereocenters. The fourth-order valence-corrected chi connectivity index (χ4v) is 2.06. The molecule has 6 heteroatoms. The number of carbonyl (C=O) groups excluding carboxylic acids is 1.